The van der Waals surface area contributed by atoms with Crippen molar-refractivity contribution in [3.63, 3.8) is 0 Å². The number of thiophene rings is 1. The van der Waals surface area contributed by atoms with Crippen molar-refractivity contribution in [1.29, 1.82) is 0 Å². The first-order chi connectivity index (χ1) is 8.79. The van der Waals surface area contributed by atoms with Gasteiger partial charge in [0.1, 0.15) is 0 Å². The smallest absolute Gasteiger partial charge is 0.268 e. The maximum Gasteiger partial charge on any atom is 0.268 e. The molecule has 1 N–H and O–H groups in total. The minimum absolute atomic E-state index is 0.614. The fourth-order valence-corrected chi connectivity index (χ4v) is 2.31. The lowest BCUT2D eigenvalue weighted by molar-refractivity contribution is 0.305. The molecule has 0 radical (unpaired) electrons. The standard InChI is InChI=1S/C12H18N4OS/c1-13-6-4-7-16(2)9-11-14-12(17-15-11)10-5-3-8-18-10/h3,5,8,13H,4,6-7,9H2,1-2H3. The third kappa shape index (κ3) is 3.63. The molecule has 0 aliphatic carbocycles. The molecule has 0 atom stereocenters. The van der Waals surface area contributed by atoms with Gasteiger partial charge in [-0.15, -0.1) is 11.3 Å². The molecule has 0 fully saturated rings. The Balaban J connectivity index is 1.87. The Kier molecular flexibility index (Phi) is 4.86. The predicted octanol–water partition coefficient (Wildman–Crippen LogP) is 1.84. The van der Waals surface area contributed by atoms with Gasteiger partial charge < -0.3 is 9.84 Å². The van der Waals surface area contributed by atoms with Crippen LogP contribution in [0.2, 0.25) is 0 Å². The monoisotopic (exact) mass is 266 g/mol. The zero-order valence-electron chi connectivity index (χ0n) is 10.7. The van der Waals surface area contributed by atoms with Gasteiger partial charge in [0.2, 0.25) is 0 Å². The van der Waals surface area contributed by atoms with Crippen LogP contribution in [0.3, 0.4) is 0 Å². The third-order valence-electron chi connectivity index (χ3n) is 2.58. The van der Waals surface area contributed by atoms with Gasteiger partial charge in [-0.1, -0.05) is 11.2 Å². The van der Waals surface area contributed by atoms with Crippen LogP contribution in [0.1, 0.15) is 12.2 Å². The van der Waals surface area contributed by atoms with Gasteiger partial charge >= 0.3 is 0 Å². The van der Waals surface area contributed by atoms with Crippen molar-refractivity contribution in [2.24, 2.45) is 0 Å². The van der Waals surface area contributed by atoms with Crippen molar-refractivity contribution in [2.45, 2.75) is 13.0 Å². The van der Waals surface area contributed by atoms with E-state index in [0.717, 1.165) is 36.8 Å². The van der Waals surface area contributed by atoms with Crippen LogP contribution in [-0.4, -0.2) is 42.2 Å². The van der Waals surface area contributed by atoms with Crippen LogP contribution < -0.4 is 5.32 Å². The molecular weight excluding hydrogens is 248 g/mol. The summed E-state index contributed by atoms with van der Waals surface area (Å²) in [6.45, 7) is 2.76. The zero-order chi connectivity index (χ0) is 12.8. The minimum atomic E-state index is 0.614. The largest absolute Gasteiger partial charge is 0.333 e. The van der Waals surface area contributed by atoms with Crippen LogP contribution in [0.15, 0.2) is 22.0 Å². The second-order valence-electron chi connectivity index (χ2n) is 4.19. The Labute approximate surface area is 111 Å². The molecule has 2 heterocycles. The molecule has 18 heavy (non-hydrogen) atoms. The van der Waals surface area contributed by atoms with Crippen LogP contribution in [0.25, 0.3) is 10.8 Å². The van der Waals surface area contributed by atoms with E-state index in [1.807, 2.05) is 24.6 Å². The Morgan fingerprint density at radius 3 is 3.11 bits per heavy atom. The van der Waals surface area contributed by atoms with E-state index < -0.39 is 0 Å². The molecule has 0 saturated heterocycles. The first-order valence-electron chi connectivity index (χ1n) is 5.99. The summed E-state index contributed by atoms with van der Waals surface area (Å²) in [6.07, 6.45) is 1.11. The fourth-order valence-electron chi connectivity index (χ4n) is 1.66. The van der Waals surface area contributed by atoms with Crippen LogP contribution in [0.5, 0.6) is 0 Å². The van der Waals surface area contributed by atoms with E-state index in [0.29, 0.717) is 5.89 Å². The van der Waals surface area contributed by atoms with E-state index in [9.17, 15) is 0 Å². The fraction of sp³-hybridized carbons (Fsp3) is 0.500. The molecule has 0 bridgehead atoms. The van der Waals surface area contributed by atoms with Crippen LogP contribution in [-0.2, 0) is 6.54 Å². The molecule has 2 rings (SSSR count). The predicted molar refractivity (Wildman–Crippen MR) is 72.5 cm³/mol. The molecule has 98 valence electrons. The Bertz CT molecular complexity index is 454. The molecule has 5 nitrogen and oxygen atoms in total. The second kappa shape index (κ2) is 6.63. The summed E-state index contributed by atoms with van der Waals surface area (Å²) in [5.41, 5.74) is 0. The molecule has 0 spiro atoms. The molecule has 6 heteroatoms. The number of aromatic nitrogens is 2. The molecule has 0 aliphatic rings. The number of hydrogen-bond donors (Lipinski definition) is 1. The average molecular weight is 266 g/mol. The summed E-state index contributed by atoms with van der Waals surface area (Å²) in [6, 6.07) is 3.96. The highest BCUT2D eigenvalue weighted by molar-refractivity contribution is 7.13. The maximum atomic E-state index is 5.25. The molecule has 0 amide bonds. The normalized spacial score (nSPS) is 11.3. The molecule has 0 aliphatic heterocycles. The molecule has 0 aromatic carbocycles. The SMILES string of the molecule is CNCCCN(C)Cc1noc(-c2cccs2)n1. The van der Waals surface area contributed by atoms with Crippen molar-refractivity contribution in [3.05, 3.63) is 23.3 Å². The van der Waals surface area contributed by atoms with E-state index in [2.05, 4.69) is 27.4 Å². The minimum Gasteiger partial charge on any atom is -0.333 e. The highest BCUT2D eigenvalue weighted by Gasteiger charge is 2.10. The van der Waals surface area contributed by atoms with Gasteiger partial charge in [0, 0.05) is 0 Å². The highest BCUT2D eigenvalue weighted by atomic mass is 32.1. The van der Waals surface area contributed by atoms with Crippen molar-refractivity contribution >= 4 is 11.3 Å². The first-order valence-corrected chi connectivity index (χ1v) is 6.87. The van der Waals surface area contributed by atoms with Gasteiger partial charge in [-0.3, -0.25) is 4.90 Å². The molecule has 2 aromatic rings. The lowest BCUT2D eigenvalue weighted by atomic mass is 10.4. The van der Waals surface area contributed by atoms with Gasteiger partial charge in [-0.05, 0) is 45.1 Å². The maximum absolute atomic E-state index is 5.25. The van der Waals surface area contributed by atoms with E-state index in [1.54, 1.807) is 11.3 Å². The lowest BCUT2D eigenvalue weighted by Gasteiger charge is -2.13. The van der Waals surface area contributed by atoms with E-state index in [4.69, 9.17) is 4.52 Å². The summed E-state index contributed by atoms with van der Waals surface area (Å²) in [5.74, 6) is 1.36. The van der Waals surface area contributed by atoms with Crippen LogP contribution >= 0.6 is 11.3 Å². The lowest BCUT2D eigenvalue weighted by Crippen LogP contribution is -2.22. The Morgan fingerprint density at radius 2 is 2.39 bits per heavy atom. The summed E-state index contributed by atoms with van der Waals surface area (Å²) >= 11 is 1.61. The summed E-state index contributed by atoms with van der Waals surface area (Å²) in [7, 11) is 4.03. The third-order valence-corrected chi connectivity index (χ3v) is 3.44. The van der Waals surface area contributed by atoms with E-state index >= 15 is 0 Å². The van der Waals surface area contributed by atoms with Gasteiger partial charge in [-0.25, -0.2) is 0 Å². The quantitative estimate of drug-likeness (QED) is 0.775. The number of nitrogens with one attached hydrogen (secondary N) is 1. The second-order valence-corrected chi connectivity index (χ2v) is 5.14. The molecule has 0 unspecified atom stereocenters. The van der Waals surface area contributed by atoms with Crippen LogP contribution in [0.4, 0.5) is 0 Å². The highest BCUT2D eigenvalue weighted by Crippen LogP contribution is 2.22. The van der Waals surface area contributed by atoms with Gasteiger partial charge in [0.05, 0.1) is 11.4 Å². The van der Waals surface area contributed by atoms with Crippen molar-refractivity contribution in [2.75, 3.05) is 27.2 Å². The number of nitrogens with zero attached hydrogens (tertiary/aromatic N) is 3. The van der Waals surface area contributed by atoms with Crippen molar-refractivity contribution in [3.8, 4) is 10.8 Å². The van der Waals surface area contributed by atoms with Gasteiger partial charge in [0.15, 0.2) is 5.82 Å². The number of rotatable bonds is 7. The zero-order valence-corrected chi connectivity index (χ0v) is 11.5. The van der Waals surface area contributed by atoms with Crippen molar-refractivity contribution in [1.82, 2.24) is 20.4 Å². The average Bonchev–Trinajstić information content (AvgIpc) is 2.98. The topological polar surface area (TPSA) is 54.2 Å². The molecule has 2 aromatic heterocycles. The first kappa shape index (κ1) is 13.2. The van der Waals surface area contributed by atoms with E-state index in [-0.39, 0.29) is 0 Å². The number of hydrogen-bond acceptors (Lipinski definition) is 6. The van der Waals surface area contributed by atoms with Crippen LogP contribution in [0, 0.1) is 0 Å². The van der Waals surface area contributed by atoms with Gasteiger partial charge in [-0.2, -0.15) is 4.98 Å². The molecule has 0 saturated carbocycles. The summed E-state index contributed by atoms with van der Waals surface area (Å²) in [5, 5.41) is 9.14. The van der Waals surface area contributed by atoms with Crippen molar-refractivity contribution < 1.29 is 4.52 Å². The summed E-state index contributed by atoms with van der Waals surface area (Å²) in [4.78, 5) is 7.61. The summed E-state index contributed by atoms with van der Waals surface area (Å²) < 4.78 is 5.25. The Hall–Kier alpha value is -1.24. The van der Waals surface area contributed by atoms with Gasteiger partial charge in [0.25, 0.3) is 5.89 Å². The Morgan fingerprint density at radius 1 is 1.50 bits per heavy atom. The molecular formula is C12H18N4OS. The van der Waals surface area contributed by atoms with E-state index in [1.165, 1.54) is 0 Å².